The second-order valence-electron chi connectivity index (χ2n) is 7.60. The van der Waals surface area contributed by atoms with Gasteiger partial charge in [0.2, 0.25) is 0 Å². The Hall–Kier alpha value is -3.60. The maximum Gasteiger partial charge on any atom is 0.256 e. The summed E-state index contributed by atoms with van der Waals surface area (Å²) in [6.45, 7) is 2.35. The molecule has 0 aliphatic carbocycles. The van der Waals surface area contributed by atoms with Gasteiger partial charge in [0.15, 0.2) is 5.65 Å². The Morgan fingerprint density at radius 2 is 2.31 bits per heavy atom. The van der Waals surface area contributed by atoms with Gasteiger partial charge in [-0.25, -0.2) is 13.9 Å². The lowest BCUT2D eigenvalue weighted by Crippen LogP contribution is -2.36. The van der Waals surface area contributed by atoms with E-state index in [-0.39, 0.29) is 11.7 Å². The van der Waals surface area contributed by atoms with Crippen LogP contribution < -0.4 is 15.4 Å². The first-order valence-corrected chi connectivity index (χ1v) is 9.32. The van der Waals surface area contributed by atoms with Crippen LogP contribution in [0.15, 0.2) is 30.6 Å². The summed E-state index contributed by atoms with van der Waals surface area (Å²) in [6, 6.07) is 3.93. The summed E-state index contributed by atoms with van der Waals surface area (Å²) in [5, 5.41) is 10.2. The second kappa shape index (κ2) is 6.21. The first-order valence-electron chi connectivity index (χ1n) is 9.32. The third kappa shape index (κ3) is 2.86. The van der Waals surface area contributed by atoms with E-state index in [4.69, 9.17) is 11.2 Å². The number of carbonyl (C=O) groups excluding carboxylic acids is 1. The van der Waals surface area contributed by atoms with Crippen LogP contribution in [0.25, 0.3) is 5.65 Å². The highest BCUT2D eigenvalue weighted by Crippen LogP contribution is 2.42. The molecular weight excluding hydrogens is 373 g/mol. The van der Waals surface area contributed by atoms with Crippen molar-refractivity contribution in [1.82, 2.24) is 19.9 Å². The van der Waals surface area contributed by atoms with Gasteiger partial charge in [0.1, 0.15) is 34.6 Å². The molecule has 4 heterocycles. The van der Waals surface area contributed by atoms with Crippen molar-refractivity contribution in [3.05, 3.63) is 53.1 Å². The quantitative estimate of drug-likeness (QED) is 0.576. The van der Waals surface area contributed by atoms with Crippen molar-refractivity contribution in [2.75, 3.05) is 11.9 Å². The first-order chi connectivity index (χ1) is 14.0. The van der Waals surface area contributed by atoms with Crippen molar-refractivity contribution in [3.63, 3.8) is 0 Å². The van der Waals surface area contributed by atoms with Gasteiger partial charge in [-0.15, -0.1) is 6.42 Å². The number of halogens is 1. The molecular formula is C21H18FN5O2. The summed E-state index contributed by atoms with van der Waals surface area (Å²) in [6.07, 6.45) is 10.0. The van der Waals surface area contributed by atoms with Crippen LogP contribution in [-0.4, -0.2) is 32.7 Å². The molecule has 2 aromatic heterocycles. The van der Waals surface area contributed by atoms with E-state index in [0.717, 1.165) is 5.56 Å². The maximum atomic E-state index is 14.4. The number of aromatic nitrogens is 3. The smallest absolute Gasteiger partial charge is 0.256 e. The van der Waals surface area contributed by atoms with Gasteiger partial charge in [-0.3, -0.25) is 4.79 Å². The summed E-state index contributed by atoms with van der Waals surface area (Å²) in [7, 11) is 0. The molecule has 2 aliphatic rings. The molecule has 1 amide bonds. The summed E-state index contributed by atoms with van der Waals surface area (Å²) in [5.74, 6) is 3.08. The predicted molar refractivity (Wildman–Crippen MR) is 104 cm³/mol. The molecule has 2 N–H and O–H groups in total. The molecule has 0 saturated heterocycles. The number of terminal acetylenes is 1. The molecule has 0 saturated carbocycles. The molecule has 146 valence electrons. The van der Waals surface area contributed by atoms with Crippen molar-refractivity contribution < 1.29 is 13.9 Å². The maximum absolute atomic E-state index is 14.4. The Morgan fingerprint density at radius 3 is 3.14 bits per heavy atom. The Bertz CT molecular complexity index is 1200. The van der Waals surface area contributed by atoms with Gasteiger partial charge in [0.25, 0.3) is 5.91 Å². The molecule has 0 spiro atoms. The lowest BCUT2D eigenvalue weighted by molar-refractivity contribution is 0.0896. The minimum absolute atomic E-state index is 0.263. The van der Waals surface area contributed by atoms with Crippen LogP contribution in [0.2, 0.25) is 0 Å². The lowest BCUT2D eigenvalue weighted by Gasteiger charge is -2.25. The molecule has 7 nitrogen and oxygen atoms in total. The number of nitrogens with zero attached hydrogens (tertiary/aromatic N) is 3. The predicted octanol–water partition coefficient (Wildman–Crippen LogP) is 2.48. The zero-order chi connectivity index (χ0) is 20.2. The van der Waals surface area contributed by atoms with E-state index < -0.39 is 11.6 Å². The molecule has 5 rings (SSSR count). The fraction of sp³-hybridized carbons (Fsp3) is 0.286. The summed E-state index contributed by atoms with van der Waals surface area (Å²) < 4.78 is 22.1. The first kappa shape index (κ1) is 17.5. The minimum Gasteiger partial charge on any atom is -0.486 e. The van der Waals surface area contributed by atoms with Crippen LogP contribution in [0.5, 0.6) is 5.75 Å². The van der Waals surface area contributed by atoms with Gasteiger partial charge < -0.3 is 15.4 Å². The van der Waals surface area contributed by atoms with Crippen LogP contribution in [0.1, 0.15) is 40.9 Å². The molecule has 4 bridgehead atoms. The Labute approximate surface area is 166 Å². The van der Waals surface area contributed by atoms with Crippen molar-refractivity contribution in [2.45, 2.75) is 31.4 Å². The Kier molecular flexibility index (Phi) is 3.74. The van der Waals surface area contributed by atoms with Crippen LogP contribution in [0.3, 0.4) is 0 Å². The van der Waals surface area contributed by atoms with Crippen LogP contribution in [0.4, 0.5) is 10.2 Å². The van der Waals surface area contributed by atoms with E-state index in [9.17, 15) is 9.18 Å². The monoisotopic (exact) mass is 391 g/mol. The SMILES string of the molecule is C#C[C@H]1Nc2ccn3ncc(c3n2)C(=O)NCC[C@@]2(C)Cc3cc(F)cc1c3O2. The largest absolute Gasteiger partial charge is 0.486 e. The Balaban J connectivity index is 1.67. The lowest BCUT2D eigenvalue weighted by atomic mass is 9.94. The normalized spacial score (nSPS) is 23.1. The highest BCUT2D eigenvalue weighted by Gasteiger charge is 2.38. The van der Waals surface area contributed by atoms with E-state index in [1.807, 2.05) is 6.92 Å². The molecule has 8 heteroatoms. The van der Waals surface area contributed by atoms with Gasteiger partial charge in [-0.1, -0.05) is 5.92 Å². The summed E-state index contributed by atoms with van der Waals surface area (Å²) in [5.41, 5.74) is 1.54. The number of rotatable bonds is 0. The molecule has 0 unspecified atom stereocenters. The number of fused-ring (bicyclic) bond motifs is 2. The van der Waals surface area contributed by atoms with Gasteiger partial charge in [0.05, 0.1) is 6.20 Å². The van der Waals surface area contributed by atoms with Crippen molar-refractivity contribution >= 4 is 17.4 Å². The van der Waals surface area contributed by atoms with Crippen molar-refractivity contribution in [2.24, 2.45) is 0 Å². The van der Waals surface area contributed by atoms with Crippen molar-refractivity contribution in [3.8, 4) is 18.1 Å². The third-order valence-electron chi connectivity index (χ3n) is 5.40. The molecule has 29 heavy (non-hydrogen) atoms. The molecule has 2 atom stereocenters. The topological polar surface area (TPSA) is 80.5 Å². The molecule has 0 radical (unpaired) electrons. The standard InChI is InChI=1S/C21H18FN5O2/c1-3-16-14-9-13(22)8-12-10-21(2,29-18(12)14)5-6-23-20(28)15-11-24-27-7-4-17(25-16)26-19(15)27/h1,4,7-9,11,16H,5-6,10H2,2H3,(H,23,28)(H,25,26)/t16-,21+/m1/s1. The van der Waals surface area contributed by atoms with E-state index in [1.54, 1.807) is 12.3 Å². The van der Waals surface area contributed by atoms with Gasteiger partial charge in [0, 0.05) is 36.7 Å². The molecule has 1 aromatic carbocycles. The number of benzene rings is 1. The molecule has 2 aliphatic heterocycles. The number of hydrogen-bond acceptors (Lipinski definition) is 5. The number of hydrogen-bond donors (Lipinski definition) is 2. The number of carbonyl (C=O) groups is 1. The van der Waals surface area contributed by atoms with E-state index in [2.05, 4.69) is 26.6 Å². The van der Waals surface area contributed by atoms with Gasteiger partial charge in [-0.05, 0) is 25.1 Å². The van der Waals surface area contributed by atoms with Gasteiger partial charge in [-0.2, -0.15) is 5.10 Å². The molecule has 3 aromatic rings. The van der Waals surface area contributed by atoms with Crippen LogP contribution in [-0.2, 0) is 6.42 Å². The number of amides is 1. The van der Waals surface area contributed by atoms with Crippen LogP contribution in [0, 0.1) is 18.2 Å². The second-order valence-corrected chi connectivity index (χ2v) is 7.60. The third-order valence-corrected chi connectivity index (χ3v) is 5.40. The number of nitrogens with one attached hydrogen (secondary N) is 2. The highest BCUT2D eigenvalue weighted by molar-refractivity contribution is 5.99. The van der Waals surface area contributed by atoms with E-state index in [0.29, 0.717) is 47.7 Å². The Morgan fingerprint density at radius 1 is 1.45 bits per heavy atom. The number of anilines is 1. The molecule has 0 fully saturated rings. The van der Waals surface area contributed by atoms with Crippen molar-refractivity contribution in [1.29, 1.82) is 0 Å². The highest BCUT2D eigenvalue weighted by atomic mass is 19.1. The van der Waals surface area contributed by atoms with Gasteiger partial charge >= 0.3 is 0 Å². The van der Waals surface area contributed by atoms with E-state index >= 15 is 0 Å². The summed E-state index contributed by atoms with van der Waals surface area (Å²) in [4.78, 5) is 17.1. The zero-order valence-corrected chi connectivity index (χ0v) is 15.7. The minimum atomic E-state index is -0.653. The average Bonchev–Trinajstić information content (AvgIpc) is 3.25. The fourth-order valence-corrected chi connectivity index (χ4v) is 3.97. The average molecular weight is 391 g/mol. The zero-order valence-electron chi connectivity index (χ0n) is 15.7. The van der Waals surface area contributed by atoms with Crippen LogP contribution >= 0.6 is 0 Å². The summed E-state index contributed by atoms with van der Waals surface area (Å²) >= 11 is 0. The fourth-order valence-electron chi connectivity index (χ4n) is 3.97. The number of ether oxygens (including phenoxy) is 1. The van der Waals surface area contributed by atoms with E-state index in [1.165, 1.54) is 22.8 Å².